The predicted molar refractivity (Wildman–Crippen MR) is 104 cm³/mol. The molecule has 29 heavy (non-hydrogen) atoms. The summed E-state index contributed by atoms with van der Waals surface area (Å²) in [6, 6.07) is 7.58. The van der Waals surface area contributed by atoms with E-state index in [1.54, 1.807) is 29.2 Å². The van der Waals surface area contributed by atoms with E-state index in [9.17, 15) is 14.7 Å². The Morgan fingerprint density at radius 2 is 1.90 bits per heavy atom. The van der Waals surface area contributed by atoms with Gasteiger partial charge in [-0.25, -0.2) is 0 Å². The number of aliphatic hydroxyl groups is 1. The average molecular weight is 397 g/mol. The van der Waals surface area contributed by atoms with Crippen LogP contribution in [-0.2, 0) is 4.79 Å². The third-order valence-corrected chi connectivity index (χ3v) is 5.68. The van der Waals surface area contributed by atoms with Crippen molar-refractivity contribution in [2.75, 3.05) is 14.2 Å². The second kappa shape index (κ2) is 7.66. The molecule has 0 bridgehead atoms. The van der Waals surface area contributed by atoms with E-state index in [4.69, 9.17) is 13.9 Å². The Labute approximate surface area is 168 Å². The normalized spacial score (nSPS) is 19.9. The molecule has 1 amide bonds. The number of aliphatic hydroxyl groups excluding tert-OH is 1. The van der Waals surface area contributed by atoms with Crippen LogP contribution in [0.2, 0.25) is 0 Å². The summed E-state index contributed by atoms with van der Waals surface area (Å²) in [5.74, 6) is -0.610. The number of ketones is 1. The summed E-state index contributed by atoms with van der Waals surface area (Å²) >= 11 is 0. The van der Waals surface area contributed by atoms with Crippen LogP contribution in [0.5, 0.6) is 11.5 Å². The molecule has 1 aromatic heterocycles. The first-order valence-corrected chi connectivity index (χ1v) is 9.63. The molecule has 1 aliphatic heterocycles. The van der Waals surface area contributed by atoms with Gasteiger partial charge < -0.3 is 23.9 Å². The highest BCUT2D eigenvalue weighted by molar-refractivity contribution is 6.15. The molecular weight excluding hydrogens is 374 g/mol. The number of ether oxygens (including phenoxy) is 2. The largest absolute Gasteiger partial charge is 0.503 e. The molecule has 7 heteroatoms. The van der Waals surface area contributed by atoms with Crippen LogP contribution in [0.25, 0.3) is 0 Å². The van der Waals surface area contributed by atoms with Crippen molar-refractivity contribution < 1.29 is 28.6 Å². The fourth-order valence-corrected chi connectivity index (χ4v) is 4.39. The molecular formula is C22H23NO6. The second-order valence-electron chi connectivity index (χ2n) is 7.20. The zero-order valence-corrected chi connectivity index (χ0v) is 16.4. The lowest BCUT2D eigenvalue weighted by atomic mass is 9.93. The van der Waals surface area contributed by atoms with Crippen LogP contribution in [0, 0.1) is 0 Å². The van der Waals surface area contributed by atoms with Crippen LogP contribution >= 0.6 is 0 Å². The molecule has 4 rings (SSSR count). The van der Waals surface area contributed by atoms with Crippen LogP contribution < -0.4 is 9.47 Å². The number of furan rings is 1. The monoisotopic (exact) mass is 397 g/mol. The number of nitrogens with zero attached hydrogens (tertiary/aromatic N) is 1. The third-order valence-electron chi connectivity index (χ3n) is 5.68. The van der Waals surface area contributed by atoms with Crippen molar-refractivity contribution in [2.24, 2.45) is 0 Å². The van der Waals surface area contributed by atoms with Crippen molar-refractivity contribution >= 4 is 11.7 Å². The fourth-order valence-electron chi connectivity index (χ4n) is 4.39. The van der Waals surface area contributed by atoms with E-state index in [2.05, 4.69) is 0 Å². The van der Waals surface area contributed by atoms with Gasteiger partial charge in [0.25, 0.3) is 5.91 Å². The lowest BCUT2D eigenvalue weighted by Crippen LogP contribution is -2.38. The summed E-state index contributed by atoms with van der Waals surface area (Å²) in [5.41, 5.74) is 0.592. The molecule has 0 saturated heterocycles. The van der Waals surface area contributed by atoms with Crippen LogP contribution in [0.15, 0.2) is 52.3 Å². The van der Waals surface area contributed by atoms with Gasteiger partial charge in [0, 0.05) is 11.6 Å². The number of methoxy groups -OCH3 is 2. The Morgan fingerprint density at radius 3 is 2.52 bits per heavy atom. The minimum Gasteiger partial charge on any atom is -0.503 e. The van der Waals surface area contributed by atoms with Gasteiger partial charge >= 0.3 is 0 Å². The summed E-state index contributed by atoms with van der Waals surface area (Å²) in [6.45, 7) is 0. The molecule has 2 heterocycles. The first-order valence-electron chi connectivity index (χ1n) is 9.63. The molecule has 1 aliphatic carbocycles. The highest BCUT2D eigenvalue weighted by Crippen LogP contribution is 2.47. The van der Waals surface area contributed by atoms with Crippen molar-refractivity contribution in [2.45, 2.75) is 37.8 Å². The van der Waals surface area contributed by atoms with Crippen molar-refractivity contribution in [3.63, 3.8) is 0 Å². The molecule has 2 aliphatic rings. The molecule has 7 nitrogen and oxygen atoms in total. The maximum Gasteiger partial charge on any atom is 0.290 e. The Morgan fingerprint density at radius 1 is 1.14 bits per heavy atom. The highest BCUT2D eigenvalue weighted by Gasteiger charge is 2.48. The highest BCUT2D eigenvalue weighted by atomic mass is 16.5. The minimum atomic E-state index is -0.784. The maximum absolute atomic E-state index is 13.2. The van der Waals surface area contributed by atoms with Gasteiger partial charge in [0.05, 0.1) is 32.1 Å². The summed E-state index contributed by atoms with van der Waals surface area (Å²) in [7, 11) is 3.04. The lowest BCUT2D eigenvalue weighted by molar-refractivity contribution is -0.131. The summed E-state index contributed by atoms with van der Waals surface area (Å²) < 4.78 is 16.2. The van der Waals surface area contributed by atoms with Crippen LogP contribution in [0.1, 0.15) is 47.8 Å². The van der Waals surface area contributed by atoms with Crippen molar-refractivity contribution in [1.29, 1.82) is 0 Å². The Bertz CT molecular complexity index is 956. The van der Waals surface area contributed by atoms with Gasteiger partial charge in [-0.2, -0.15) is 0 Å². The Hall–Kier alpha value is -3.22. The molecule has 0 radical (unpaired) electrons. The smallest absolute Gasteiger partial charge is 0.290 e. The molecule has 1 saturated carbocycles. The number of carbonyl (C=O) groups excluding carboxylic acids is 2. The Balaban J connectivity index is 1.89. The molecule has 1 atom stereocenters. The number of Topliss-reactive ketones (excluding diaryl/α,β-unsaturated/α-hetero) is 1. The third kappa shape index (κ3) is 3.06. The van der Waals surface area contributed by atoms with E-state index in [1.807, 2.05) is 0 Å². The molecule has 1 unspecified atom stereocenters. The maximum atomic E-state index is 13.2. The number of rotatable bonds is 6. The van der Waals surface area contributed by atoms with Crippen LogP contribution in [-0.4, -0.2) is 42.0 Å². The first-order chi connectivity index (χ1) is 14.1. The summed E-state index contributed by atoms with van der Waals surface area (Å²) in [4.78, 5) is 27.9. The van der Waals surface area contributed by atoms with E-state index < -0.39 is 23.5 Å². The minimum absolute atomic E-state index is 0.00315. The number of hydrogen-bond donors (Lipinski definition) is 1. The zero-order chi connectivity index (χ0) is 20.5. The van der Waals surface area contributed by atoms with Crippen molar-refractivity contribution in [3.8, 4) is 11.5 Å². The van der Waals surface area contributed by atoms with Gasteiger partial charge in [0.2, 0.25) is 5.78 Å². The van der Waals surface area contributed by atoms with Crippen LogP contribution in [0.4, 0.5) is 0 Å². The predicted octanol–water partition coefficient (Wildman–Crippen LogP) is 3.82. The number of benzene rings is 1. The quantitative estimate of drug-likeness (QED) is 0.746. The zero-order valence-electron chi connectivity index (χ0n) is 16.4. The van der Waals surface area contributed by atoms with Gasteiger partial charge in [0.1, 0.15) is 0 Å². The number of carbonyl (C=O) groups is 2. The topological polar surface area (TPSA) is 89.2 Å². The van der Waals surface area contributed by atoms with Gasteiger partial charge in [-0.3, -0.25) is 9.59 Å². The Kier molecular flexibility index (Phi) is 5.05. The molecule has 152 valence electrons. The van der Waals surface area contributed by atoms with Gasteiger partial charge in [0.15, 0.2) is 23.0 Å². The van der Waals surface area contributed by atoms with Crippen molar-refractivity contribution in [3.05, 3.63) is 59.3 Å². The second-order valence-corrected chi connectivity index (χ2v) is 7.20. The van der Waals surface area contributed by atoms with E-state index in [1.165, 1.54) is 26.5 Å². The van der Waals surface area contributed by atoms with E-state index in [-0.39, 0.29) is 17.4 Å². The number of hydrogen-bond acceptors (Lipinski definition) is 6. The lowest BCUT2D eigenvalue weighted by Gasteiger charge is -2.33. The molecule has 0 spiro atoms. The SMILES string of the molecule is COc1cccc(C2C(C(=O)c3ccco3)=C(O)C(=O)N2C2CCCC2)c1OC. The first kappa shape index (κ1) is 19.1. The number of para-hydroxylation sites is 1. The molecule has 1 fully saturated rings. The van der Waals surface area contributed by atoms with E-state index in [0.717, 1.165) is 25.7 Å². The van der Waals surface area contributed by atoms with Gasteiger partial charge in [-0.1, -0.05) is 25.0 Å². The van der Waals surface area contributed by atoms with E-state index >= 15 is 0 Å². The standard InChI is InChI=1S/C22H23NO6/c1-27-16-10-5-9-14(21(16)28-2)18-17(19(24)15-11-6-12-29-15)20(25)22(26)23(18)13-7-3-4-8-13/h5-6,9-13,18,25H,3-4,7-8H2,1-2H3. The molecule has 1 N–H and O–H groups in total. The van der Waals surface area contributed by atoms with E-state index in [0.29, 0.717) is 17.1 Å². The summed E-state index contributed by atoms with van der Waals surface area (Å²) in [5, 5.41) is 10.7. The van der Waals surface area contributed by atoms with Crippen molar-refractivity contribution in [1.82, 2.24) is 4.90 Å². The molecule has 2 aromatic rings. The average Bonchev–Trinajstić information content (AvgIpc) is 3.49. The fraction of sp³-hybridized carbons (Fsp3) is 0.364. The number of amides is 1. The molecule has 1 aromatic carbocycles. The van der Waals surface area contributed by atoms with Gasteiger partial charge in [-0.15, -0.1) is 0 Å². The van der Waals surface area contributed by atoms with Gasteiger partial charge in [-0.05, 0) is 31.0 Å². The van der Waals surface area contributed by atoms with Crippen LogP contribution in [0.3, 0.4) is 0 Å². The summed E-state index contributed by atoms with van der Waals surface area (Å²) in [6.07, 6.45) is 5.03.